The van der Waals surface area contributed by atoms with Crippen LogP contribution in [-0.4, -0.2) is 28.8 Å². The van der Waals surface area contributed by atoms with Gasteiger partial charge in [0.1, 0.15) is 17.3 Å². The second kappa shape index (κ2) is 11.4. The molecule has 1 spiro atoms. The van der Waals surface area contributed by atoms with E-state index in [-0.39, 0.29) is 42.0 Å². The number of carbonyl (C=O) groups excluding carboxylic acids is 2. The lowest BCUT2D eigenvalue weighted by Gasteiger charge is -2.64. The van der Waals surface area contributed by atoms with E-state index in [2.05, 4.69) is 33.8 Å². The van der Waals surface area contributed by atoms with Crippen LogP contribution < -0.4 is 0 Å². The van der Waals surface area contributed by atoms with Gasteiger partial charge in [-0.15, -0.1) is 0 Å². The van der Waals surface area contributed by atoms with E-state index in [0.29, 0.717) is 41.4 Å². The van der Waals surface area contributed by atoms with Gasteiger partial charge >= 0.3 is 11.9 Å². The minimum atomic E-state index is -0.890. The third-order valence-electron chi connectivity index (χ3n) is 11.1. The highest BCUT2D eigenvalue weighted by Crippen LogP contribution is 2.78. The van der Waals surface area contributed by atoms with Gasteiger partial charge < -0.3 is 19.7 Å². The van der Waals surface area contributed by atoms with Crippen LogP contribution in [0.4, 0.5) is 0 Å². The predicted molar refractivity (Wildman–Crippen MR) is 165 cm³/mol. The van der Waals surface area contributed by atoms with Crippen LogP contribution >= 0.6 is 0 Å². The summed E-state index contributed by atoms with van der Waals surface area (Å²) < 4.78 is 12.4. The van der Waals surface area contributed by atoms with Crippen LogP contribution in [-0.2, 0) is 19.1 Å². The van der Waals surface area contributed by atoms with Gasteiger partial charge in [-0.1, -0.05) is 52.7 Å². The van der Waals surface area contributed by atoms with Crippen LogP contribution in [0.3, 0.4) is 0 Å². The summed E-state index contributed by atoms with van der Waals surface area (Å²) in [5.41, 5.74) is 2.31. The standard InChI is InChI=1S/C37H46O6/c1-5-7-11-29-27-14-15-28-26-16-17-37(36(28,18-19-38)32(27)34(40)42-29)30(20-23(6-2)13-12-22(3)4)43-35(41)33(37)31(26)24-9-8-10-25(39)21-24/h8-11,20-23,26,28,38-39H,5-7,12-19H2,1-4H3/b29-11-,30-20-/t23-,26-,28+,36-,37+/m1/s1. The van der Waals surface area contributed by atoms with Gasteiger partial charge in [0.15, 0.2) is 0 Å². The molecule has 2 N–H and O–H groups in total. The third-order valence-corrected chi connectivity index (χ3v) is 11.1. The summed E-state index contributed by atoms with van der Waals surface area (Å²) in [5, 5.41) is 21.3. The van der Waals surface area contributed by atoms with Crippen molar-refractivity contribution in [1.29, 1.82) is 0 Å². The number of hydrogen-bond acceptors (Lipinski definition) is 6. The van der Waals surface area contributed by atoms with Crippen molar-refractivity contribution in [1.82, 2.24) is 0 Å². The van der Waals surface area contributed by atoms with Gasteiger partial charge in [0.05, 0.1) is 16.6 Å². The molecule has 1 saturated heterocycles. The number of rotatable bonds is 10. The Labute approximate surface area is 255 Å². The largest absolute Gasteiger partial charge is 0.508 e. The van der Waals surface area contributed by atoms with E-state index in [4.69, 9.17) is 9.47 Å². The first kappa shape index (κ1) is 29.9. The molecular formula is C37H46O6. The number of unbranched alkanes of at least 4 members (excludes halogenated alkanes) is 1. The van der Waals surface area contributed by atoms with Crippen molar-refractivity contribution in [2.45, 2.75) is 91.9 Å². The Bertz CT molecular complexity index is 1440. The Morgan fingerprint density at radius 1 is 1.07 bits per heavy atom. The molecule has 4 aliphatic carbocycles. The molecule has 1 aromatic rings. The number of aliphatic hydroxyl groups excluding tert-OH is 1. The number of allylic oxidation sites excluding steroid dienone is 5. The normalized spacial score (nSPS) is 32.0. The summed E-state index contributed by atoms with van der Waals surface area (Å²) in [6, 6.07) is 7.20. The minimum absolute atomic E-state index is 0.00874. The lowest BCUT2D eigenvalue weighted by atomic mass is 9.36. The lowest BCUT2D eigenvalue weighted by molar-refractivity contribution is -0.138. The number of aromatic hydroxyl groups is 1. The molecule has 5 atom stereocenters. The number of ether oxygens (including phenoxy) is 2. The molecule has 6 nitrogen and oxygen atoms in total. The molecule has 1 saturated carbocycles. The Hall–Kier alpha value is -3.12. The number of phenolic OH excluding ortho intramolecular Hbond substituents is 1. The van der Waals surface area contributed by atoms with Gasteiger partial charge in [-0.25, -0.2) is 9.59 Å². The predicted octanol–water partition coefficient (Wildman–Crippen LogP) is 7.78. The van der Waals surface area contributed by atoms with E-state index < -0.39 is 10.8 Å². The van der Waals surface area contributed by atoms with Gasteiger partial charge in [0.2, 0.25) is 0 Å². The first-order valence-electron chi connectivity index (χ1n) is 16.5. The van der Waals surface area contributed by atoms with Crippen LogP contribution in [0, 0.1) is 34.5 Å². The summed E-state index contributed by atoms with van der Waals surface area (Å²) in [4.78, 5) is 28.2. The van der Waals surface area contributed by atoms with E-state index in [1.807, 2.05) is 18.2 Å². The highest BCUT2D eigenvalue weighted by Gasteiger charge is 2.75. The molecule has 0 amide bonds. The minimum Gasteiger partial charge on any atom is -0.508 e. The van der Waals surface area contributed by atoms with E-state index in [1.165, 1.54) is 0 Å². The Kier molecular flexibility index (Phi) is 7.95. The van der Waals surface area contributed by atoms with Crippen molar-refractivity contribution in [3.8, 4) is 5.75 Å². The maximum Gasteiger partial charge on any atom is 0.340 e. The maximum absolute atomic E-state index is 14.2. The number of hydrogen-bond donors (Lipinski definition) is 2. The molecule has 0 radical (unpaired) electrons. The van der Waals surface area contributed by atoms with Crippen LogP contribution in [0.5, 0.6) is 5.75 Å². The fourth-order valence-corrected chi connectivity index (χ4v) is 9.37. The van der Waals surface area contributed by atoms with Crippen LogP contribution in [0.2, 0.25) is 0 Å². The summed E-state index contributed by atoms with van der Waals surface area (Å²) in [6.07, 6.45) is 12.4. The molecule has 43 heavy (non-hydrogen) atoms. The topological polar surface area (TPSA) is 93.1 Å². The number of phenols is 1. The molecular weight excluding hydrogens is 540 g/mol. The molecule has 2 fully saturated rings. The van der Waals surface area contributed by atoms with Crippen LogP contribution in [0.1, 0.15) is 97.5 Å². The third kappa shape index (κ3) is 4.38. The van der Waals surface area contributed by atoms with Crippen molar-refractivity contribution in [2.75, 3.05) is 6.61 Å². The van der Waals surface area contributed by atoms with Gasteiger partial charge in [-0.3, -0.25) is 0 Å². The average Bonchev–Trinajstić information content (AvgIpc) is 3.47. The van der Waals surface area contributed by atoms with Crippen molar-refractivity contribution in [2.24, 2.45) is 34.5 Å². The van der Waals surface area contributed by atoms with E-state index in [9.17, 15) is 19.8 Å². The smallest absolute Gasteiger partial charge is 0.340 e. The number of fused-ring (bicyclic) bond motifs is 1. The van der Waals surface area contributed by atoms with Crippen molar-refractivity contribution < 1.29 is 29.3 Å². The quantitative estimate of drug-likeness (QED) is 0.272. The van der Waals surface area contributed by atoms with E-state index in [1.54, 1.807) is 12.1 Å². The SMILES string of the molecule is CCC/C=C1\OC(=O)C2=C1CC[C@H]1[C@H]3CC[C@]4(C(=C3c3cccc(O)c3)C(=O)O/C4=C\[C@H](CC)CCC(C)C)[C@@]21CCO. The monoisotopic (exact) mass is 586 g/mol. The molecule has 6 aliphatic rings. The second-order valence-electron chi connectivity index (χ2n) is 13.6. The average molecular weight is 587 g/mol. The van der Waals surface area contributed by atoms with Gasteiger partial charge in [-0.2, -0.15) is 0 Å². The molecule has 6 heteroatoms. The molecule has 1 aromatic carbocycles. The first-order valence-corrected chi connectivity index (χ1v) is 16.5. The molecule has 0 unspecified atom stereocenters. The number of esters is 2. The summed E-state index contributed by atoms with van der Waals surface area (Å²) >= 11 is 0. The summed E-state index contributed by atoms with van der Waals surface area (Å²) in [5.74, 6) is 1.57. The van der Waals surface area contributed by atoms with Crippen molar-refractivity contribution >= 4 is 17.5 Å². The first-order chi connectivity index (χ1) is 20.7. The second-order valence-corrected chi connectivity index (χ2v) is 13.6. The van der Waals surface area contributed by atoms with Crippen molar-refractivity contribution in [3.05, 3.63) is 70.2 Å². The summed E-state index contributed by atoms with van der Waals surface area (Å²) in [6.45, 7) is 8.63. The molecule has 2 bridgehead atoms. The highest BCUT2D eigenvalue weighted by molar-refractivity contribution is 6.07. The molecule has 2 aliphatic heterocycles. The fraction of sp³-hybridized carbons (Fsp3) is 0.568. The summed E-state index contributed by atoms with van der Waals surface area (Å²) in [7, 11) is 0. The number of benzene rings is 1. The molecule has 0 aromatic heterocycles. The Morgan fingerprint density at radius 2 is 1.86 bits per heavy atom. The number of cyclic esters (lactones) is 2. The van der Waals surface area contributed by atoms with E-state index in [0.717, 1.165) is 68.1 Å². The fourth-order valence-electron chi connectivity index (χ4n) is 9.37. The molecule has 7 rings (SSSR count). The molecule has 230 valence electrons. The highest BCUT2D eigenvalue weighted by atomic mass is 16.6. The zero-order valence-electron chi connectivity index (χ0n) is 26.1. The van der Waals surface area contributed by atoms with Crippen LogP contribution in [0.15, 0.2) is 64.7 Å². The van der Waals surface area contributed by atoms with Gasteiger partial charge in [0, 0.05) is 17.6 Å². The van der Waals surface area contributed by atoms with Gasteiger partial charge in [0.25, 0.3) is 0 Å². The van der Waals surface area contributed by atoms with Gasteiger partial charge in [-0.05, 0) is 110 Å². The zero-order valence-corrected chi connectivity index (χ0v) is 26.1. The number of aliphatic hydroxyl groups is 1. The zero-order chi connectivity index (χ0) is 30.5. The maximum atomic E-state index is 14.2. The lowest BCUT2D eigenvalue weighted by Crippen LogP contribution is -2.60. The van der Waals surface area contributed by atoms with Crippen molar-refractivity contribution in [3.63, 3.8) is 0 Å². The van der Waals surface area contributed by atoms with Crippen LogP contribution in [0.25, 0.3) is 5.57 Å². The number of carbonyl (C=O) groups is 2. The Morgan fingerprint density at radius 3 is 2.56 bits per heavy atom. The Balaban J connectivity index is 1.66. The molecule has 2 heterocycles. The van der Waals surface area contributed by atoms with E-state index >= 15 is 0 Å².